The highest BCUT2D eigenvalue weighted by molar-refractivity contribution is 9.10. The molecule has 1 aliphatic heterocycles. The quantitative estimate of drug-likeness (QED) is 0.814. The number of sulfonamides is 1. The van der Waals surface area contributed by atoms with Crippen molar-refractivity contribution < 1.29 is 12.8 Å². The van der Waals surface area contributed by atoms with Crippen molar-refractivity contribution in [3.05, 3.63) is 22.4 Å². The molecule has 0 aliphatic carbocycles. The number of nitrogen functional groups attached to an aromatic ring is 1. The third-order valence-corrected chi connectivity index (χ3v) is 6.24. The molecular weight excluding hydrogens is 361 g/mol. The lowest BCUT2D eigenvalue weighted by atomic mass is 10.3. The Morgan fingerprint density at radius 3 is 2.33 bits per heavy atom. The Labute approximate surface area is 133 Å². The van der Waals surface area contributed by atoms with E-state index >= 15 is 0 Å². The summed E-state index contributed by atoms with van der Waals surface area (Å²) in [5, 5.41) is 0. The van der Waals surface area contributed by atoms with Crippen LogP contribution in [0.1, 0.15) is 13.8 Å². The molecule has 2 N–H and O–H groups in total. The van der Waals surface area contributed by atoms with Gasteiger partial charge in [-0.1, -0.05) is 0 Å². The second-order valence-electron chi connectivity index (χ2n) is 5.34. The van der Waals surface area contributed by atoms with Gasteiger partial charge in [-0.3, -0.25) is 4.90 Å². The van der Waals surface area contributed by atoms with Crippen LogP contribution in [-0.2, 0) is 10.0 Å². The molecule has 0 spiro atoms. The molecule has 1 saturated heterocycles. The minimum Gasteiger partial charge on any atom is -0.398 e. The normalized spacial score (nSPS) is 18.3. The third-order valence-electron chi connectivity index (χ3n) is 3.67. The van der Waals surface area contributed by atoms with Gasteiger partial charge >= 0.3 is 0 Å². The fourth-order valence-electron chi connectivity index (χ4n) is 2.37. The van der Waals surface area contributed by atoms with E-state index < -0.39 is 15.8 Å². The number of rotatable bonds is 3. The first-order valence-corrected chi connectivity index (χ1v) is 8.95. The number of nitrogens with zero attached hydrogens (tertiary/aromatic N) is 2. The maximum Gasteiger partial charge on any atom is 0.245 e. The largest absolute Gasteiger partial charge is 0.398 e. The summed E-state index contributed by atoms with van der Waals surface area (Å²) >= 11 is 3.00. The second kappa shape index (κ2) is 6.20. The van der Waals surface area contributed by atoms with Crippen LogP contribution in [0, 0.1) is 5.82 Å². The molecule has 0 saturated carbocycles. The highest BCUT2D eigenvalue weighted by atomic mass is 79.9. The van der Waals surface area contributed by atoms with Gasteiger partial charge in [-0.15, -0.1) is 0 Å². The standard InChI is InChI=1S/C13H19BrFN3O2S/c1-9(2)17-3-5-18(6-4-17)21(19,20)13-7-10(14)11(15)8-12(13)16/h7-9H,3-6,16H2,1-2H3. The molecule has 1 fully saturated rings. The maximum absolute atomic E-state index is 13.4. The van der Waals surface area contributed by atoms with E-state index in [4.69, 9.17) is 5.73 Å². The molecule has 1 aromatic rings. The van der Waals surface area contributed by atoms with E-state index in [9.17, 15) is 12.8 Å². The fourth-order valence-corrected chi connectivity index (χ4v) is 4.41. The summed E-state index contributed by atoms with van der Waals surface area (Å²) < 4.78 is 40.2. The van der Waals surface area contributed by atoms with Crippen LogP contribution in [0.15, 0.2) is 21.5 Å². The maximum atomic E-state index is 13.4. The Kier molecular flexibility index (Phi) is 4.92. The van der Waals surface area contributed by atoms with E-state index in [0.717, 1.165) is 6.07 Å². The molecule has 8 heteroatoms. The summed E-state index contributed by atoms with van der Waals surface area (Å²) in [5.74, 6) is -0.573. The summed E-state index contributed by atoms with van der Waals surface area (Å²) in [4.78, 5) is 2.17. The number of nitrogens with two attached hydrogens (primary N) is 1. The Morgan fingerprint density at radius 1 is 1.24 bits per heavy atom. The average molecular weight is 380 g/mol. The van der Waals surface area contributed by atoms with Gasteiger partial charge in [0.05, 0.1) is 10.2 Å². The first kappa shape index (κ1) is 16.7. The van der Waals surface area contributed by atoms with Crippen LogP contribution < -0.4 is 5.73 Å². The molecule has 1 aliphatic rings. The molecule has 2 rings (SSSR count). The number of hydrogen-bond acceptors (Lipinski definition) is 4. The Hall–Kier alpha value is -0.700. The van der Waals surface area contributed by atoms with Gasteiger partial charge in [-0.2, -0.15) is 4.31 Å². The first-order valence-electron chi connectivity index (χ1n) is 6.72. The Balaban J connectivity index is 2.26. The molecule has 0 atom stereocenters. The van der Waals surface area contributed by atoms with E-state index in [1.165, 1.54) is 10.4 Å². The predicted molar refractivity (Wildman–Crippen MR) is 84.0 cm³/mol. The highest BCUT2D eigenvalue weighted by Gasteiger charge is 2.31. The van der Waals surface area contributed by atoms with Crippen molar-refractivity contribution in [1.29, 1.82) is 0 Å². The van der Waals surface area contributed by atoms with Gasteiger partial charge in [-0.05, 0) is 41.9 Å². The molecule has 5 nitrogen and oxygen atoms in total. The van der Waals surface area contributed by atoms with Crippen molar-refractivity contribution in [3.8, 4) is 0 Å². The molecule has 0 unspecified atom stereocenters. The van der Waals surface area contributed by atoms with Gasteiger partial charge in [0, 0.05) is 32.2 Å². The van der Waals surface area contributed by atoms with Crippen LogP contribution in [0.2, 0.25) is 0 Å². The SMILES string of the molecule is CC(C)N1CCN(S(=O)(=O)c2cc(Br)c(F)cc2N)CC1. The highest BCUT2D eigenvalue weighted by Crippen LogP contribution is 2.29. The van der Waals surface area contributed by atoms with E-state index in [1.807, 2.05) is 0 Å². The summed E-state index contributed by atoms with van der Waals surface area (Å²) in [6, 6.07) is 2.65. The van der Waals surface area contributed by atoms with Gasteiger partial charge in [0.1, 0.15) is 10.7 Å². The topological polar surface area (TPSA) is 66.6 Å². The minimum atomic E-state index is -3.70. The van der Waals surface area contributed by atoms with Crippen LogP contribution in [0.4, 0.5) is 10.1 Å². The van der Waals surface area contributed by atoms with Crippen LogP contribution >= 0.6 is 15.9 Å². The van der Waals surface area contributed by atoms with E-state index in [0.29, 0.717) is 32.2 Å². The number of halogens is 2. The molecule has 1 heterocycles. The molecule has 0 aromatic heterocycles. The zero-order valence-electron chi connectivity index (χ0n) is 12.0. The fraction of sp³-hybridized carbons (Fsp3) is 0.538. The predicted octanol–water partition coefficient (Wildman–Crippen LogP) is 1.89. The lowest BCUT2D eigenvalue weighted by Gasteiger charge is -2.36. The van der Waals surface area contributed by atoms with E-state index in [2.05, 4.69) is 34.7 Å². The molecule has 0 radical (unpaired) electrons. The first-order chi connectivity index (χ1) is 9.73. The van der Waals surface area contributed by atoms with Gasteiger partial charge in [-0.25, -0.2) is 12.8 Å². The van der Waals surface area contributed by atoms with Crippen molar-refractivity contribution >= 4 is 31.6 Å². The lowest BCUT2D eigenvalue weighted by molar-refractivity contribution is 0.154. The Morgan fingerprint density at radius 2 is 1.81 bits per heavy atom. The smallest absolute Gasteiger partial charge is 0.245 e. The minimum absolute atomic E-state index is 0.0474. The van der Waals surface area contributed by atoms with Gasteiger partial charge in [0.25, 0.3) is 0 Å². The molecule has 1 aromatic carbocycles. The van der Waals surface area contributed by atoms with Gasteiger partial charge in [0.2, 0.25) is 10.0 Å². The number of benzene rings is 1. The zero-order chi connectivity index (χ0) is 15.8. The molecule has 118 valence electrons. The van der Waals surface area contributed by atoms with Crippen molar-refractivity contribution in [3.63, 3.8) is 0 Å². The monoisotopic (exact) mass is 379 g/mol. The van der Waals surface area contributed by atoms with E-state index in [1.54, 1.807) is 0 Å². The molecule has 0 bridgehead atoms. The number of hydrogen-bond donors (Lipinski definition) is 1. The Bertz CT molecular complexity index is 629. The van der Waals surface area contributed by atoms with Crippen molar-refractivity contribution in [2.45, 2.75) is 24.8 Å². The lowest BCUT2D eigenvalue weighted by Crippen LogP contribution is -2.50. The molecule has 21 heavy (non-hydrogen) atoms. The summed E-state index contributed by atoms with van der Waals surface area (Å²) in [6.45, 7) is 6.35. The van der Waals surface area contributed by atoms with Gasteiger partial charge in [0.15, 0.2) is 0 Å². The third kappa shape index (κ3) is 3.39. The van der Waals surface area contributed by atoms with Crippen LogP contribution in [0.5, 0.6) is 0 Å². The van der Waals surface area contributed by atoms with E-state index in [-0.39, 0.29) is 15.1 Å². The molecule has 0 amide bonds. The van der Waals surface area contributed by atoms with Crippen LogP contribution in [-0.4, -0.2) is 49.8 Å². The van der Waals surface area contributed by atoms with Crippen LogP contribution in [0.3, 0.4) is 0 Å². The average Bonchev–Trinajstić information content (AvgIpc) is 2.42. The summed E-state index contributed by atoms with van der Waals surface area (Å²) in [7, 11) is -3.70. The number of piperazine rings is 1. The zero-order valence-corrected chi connectivity index (χ0v) is 14.4. The van der Waals surface area contributed by atoms with Gasteiger partial charge < -0.3 is 5.73 Å². The number of anilines is 1. The second-order valence-corrected chi connectivity index (χ2v) is 8.10. The van der Waals surface area contributed by atoms with Crippen molar-refractivity contribution in [2.24, 2.45) is 0 Å². The molecular formula is C13H19BrFN3O2S. The van der Waals surface area contributed by atoms with Crippen LogP contribution in [0.25, 0.3) is 0 Å². The summed E-state index contributed by atoms with van der Waals surface area (Å²) in [6.07, 6.45) is 0. The van der Waals surface area contributed by atoms with Crippen molar-refractivity contribution in [1.82, 2.24) is 9.21 Å². The summed E-state index contributed by atoms with van der Waals surface area (Å²) in [5.41, 5.74) is 5.61. The van der Waals surface area contributed by atoms with Crippen molar-refractivity contribution in [2.75, 3.05) is 31.9 Å².